The molecule has 0 aromatic heterocycles. The zero-order valence-corrected chi connectivity index (χ0v) is 23.4. The lowest BCUT2D eigenvalue weighted by atomic mass is 10.00. The van der Waals surface area contributed by atoms with Crippen molar-refractivity contribution in [3.63, 3.8) is 0 Å². The predicted octanol–water partition coefficient (Wildman–Crippen LogP) is 8.35. The summed E-state index contributed by atoms with van der Waals surface area (Å²) in [4.78, 5) is 10.7. The van der Waals surface area contributed by atoms with Gasteiger partial charge in [0.15, 0.2) is 0 Å². The van der Waals surface area contributed by atoms with Gasteiger partial charge in [-0.3, -0.25) is 9.35 Å². The second kappa shape index (κ2) is 17.4. The van der Waals surface area contributed by atoms with Crippen molar-refractivity contribution in [1.82, 2.24) is 0 Å². The third kappa shape index (κ3) is 11.9. The number of rotatable bonds is 21. The monoisotopic (exact) mass is 534 g/mol. The number of unbranched alkanes of at least 4 members (excludes halogenated alkanes) is 14. The Labute approximate surface area is 223 Å². The van der Waals surface area contributed by atoms with Crippen LogP contribution in [0.1, 0.15) is 115 Å². The normalized spacial score (nSPS) is 11.7. The number of ether oxygens (including phenoxy) is 1. The fourth-order valence-electron chi connectivity index (χ4n) is 4.88. The van der Waals surface area contributed by atoms with Crippen molar-refractivity contribution in [3.05, 3.63) is 35.9 Å². The zero-order chi connectivity index (χ0) is 26.9. The van der Waals surface area contributed by atoms with Gasteiger partial charge in [-0.15, -0.1) is 0 Å². The molecule has 0 amide bonds. The quantitative estimate of drug-likeness (QED) is 0.123. The van der Waals surface area contributed by atoms with Gasteiger partial charge >= 0.3 is 5.97 Å². The first-order chi connectivity index (χ1) is 17.8. The van der Waals surface area contributed by atoms with E-state index < -0.39 is 16.1 Å². The molecular formula is C30H46O6S. The van der Waals surface area contributed by atoms with Crippen molar-refractivity contribution < 1.29 is 27.6 Å². The van der Waals surface area contributed by atoms with Crippen molar-refractivity contribution in [2.75, 3.05) is 6.61 Å². The number of hydrogen-bond donors (Lipinski definition) is 2. The first kappa shape index (κ1) is 31.1. The molecule has 0 saturated carbocycles. The summed E-state index contributed by atoms with van der Waals surface area (Å²) in [5.74, 6) is -0.953. The van der Waals surface area contributed by atoms with Crippen LogP contribution in [-0.2, 0) is 21.3 Å². The highest BCUT2D eigenvalue weighted by Crippen LogP contribution is 2.37. The Morgan fingerprint density at radius 2 is 1.32 bits per heavy atom. The molecule has 2 N–H and O–H groups in total. The number of fused-ring (bicyclic) bond motifs is 1. The van der Waals surface area contributed by atoms with E-state index >= 15 is 0 Å². The van der Waals surface area contributed by atoms with E-state index in [2.05, 4.69) is 6.92 Å². The first-order valence-corrected chi connectivity index (χ1v) is 15.6. The van der Waals surface area contributed by atoms with Crippen LogP contribution >= 0.6 is 0 Å². The summed E-state index contributed by atoms with van der Waals surface area (Å²) in [5, 5.41) is 10.0. The van der Waals surface area contributed by atoms with E-state index in [1.54, 1.807) is 18.2 Å². The summed E-state index contributed by atoms with van der Waals surface area (Å²) < 4.78 is 40.2. The number of benzene rings is 2. The second-order valence-corrected chi connectivity index (χ2v) is 11.4. The maximum atomic E-state index is 12.3. The highest BCUT2D eigenvalue weighted by atomic mass is 32.2. The van der Waals surface area contributed by atoms with Gasteiger partial charge in [-0.05, 0) is 29.9 Å². The summed E-state index contributed by atoms with van der Waals surface area (Å²) in [7, 11) is -4.57. The van der Waals surface area contributed by atoms with Crippen molar-refractivity contribution in [2.45, 2.75) is 121 Å². The van der Waals surface area contributed by atoms with E-state index in [-0.39, 0.29) is 23.7 Å². The molecule has 37 heavy (non-hydrogen) atoms. The van der Waals surface area contributed by atoms with Crippen LogP contribution in [0.3, 0.4) is 0 Å². The molecule has 2 aromatic carbocycles. The Balaban J connectivity index is 1.80. The molecule has 0 aliphatic rings. The van der Waals surface area contributed by atoms with Crippen LogP contribution in [0.4, 0.5) is 0 Å². The topological polar surface area (TPSA) is 101 Å². The first-order valence-electron chi connectivity index (χ1n) is 14.2. The third-order valence-electron chi connectivity index (χ3n) is 6.90. The van der Waals surface area contributed by atoms with Gasteiger partial charge in [0.2, 0.25) is 0 Å². The minimum absolute atomic E-state index is 0.0767. The van der Waals surface area contributed by atoms with Crippen LogP contribution in [-0.4, -0.2) is 30.7 Å². The molecule has 2 rings (SSSR count). The van der Waals surface area contributed by atoms with Crippen LogP contribution in [0.15, 0.2) is 35.2 Å². The molecule has 0 heterocycles. The molecule has 2 aromatic rings. The molecule has 0 saturated heterocycles. The largest absolute Gasteiger partial charge is 0.491 e. The molecule has 0 aliphatic carbocycles. The number of carboxylic acids is 1. The average Bonchev–Trinajstić information content (AvgIpc) is 2.85. The SMILES string of the molecule is CCCCCCCCCCCCCCCCCc1cc2ccccc2c(S(=O)(=O)O)c1OCCC(=O)O. The van der Waals surface area contributed by atoms with Crippen molar-refractivity contribution in [3.8, 4) is 5.75 Å². The van der Waals surface area contributed by atoms with Gasteiger partial charge in [-0.1, -0.05) is 121 Å². The van der Waals surface area contributed by atoms with Gasteiger partial charge in [-0.25, -0.2) is 0 Å². The molecule has 0 spiro atoms. The lowest BCUT2D eigenvalue weighted by Crippen LogP contribution is -2.11. The highest BCUT2D eigenvalue weighted by Gasteiger charge is 2.24. The Morgan fingerprint density at radius 3 is 1.84 bits per heavy atom. The smallest absolute Gasteiger partial charge is 0.306 e. The van der Waals surface area contributed by atoms with Crippen molar-refractivity contribution in [2.24, 2.45) is 0 Å². The fourth-order valence-corrected chi connectivity index (χ4v) is 5.77. The maximum Gasteiger partial charge on any atom is 0.306 e. The molecule has 6 nitrogen and oxygen atoms in total. The second-order valence-electron chi connectivity index (χ2n) is 10.1. The molecule has 0 aliphatic heterocycles. The number of aliphatic carboxylic acids is 1. The van der Waals surface area contributed by atoms with Crippen molar-refractivity contribution in [1.29, 1.82) is 0 Å². The fraction of sp³-hybridized carbons (Fsp3) is 0.633. The molecule has 0 bridgehead atoms. The minimum Gasteiger partial charge on any atom is -0.491 e. The Hall–Kier alpha value is -2.12. The van der Waals surface area contributed by atoms with Gasteiger partial charge in [-0.2, -0.15) is 8.42 Å². The Kier molecular flexibility index (Phi) is 14.6. The lowest BCUT2D eigenvalue weighted by molar-refractivity contribution is -0.137. The van der Waals surface area contributed by atoms with E-state index in [4.69, 9.17) is 9.84 Å². The number of aryl methyl sites for hydroxylation is 1. The molecule has 0 radical (unpaired) electrons. The minimum atomic E-state index is -4.57. The molecular weight excluding hydrogens is 488 g/mol. The average molecular weight is 535 g/mol. The van der Waals surface area contributed by atoms with Gasteiger partial charge in [0.05, 0.1) is 13.0 Å². The number of hydrogen-bond acceptors (Lipinski definition) is 4. The van der Waals surface area contributed by atoms with Crippen LogP contribution in [0.5, 0.6) is 5.75 Å². The van der Waals surface area contributed by atoms with E-state index in [9.17, 15) is 17.8 Å². The van der Waals surface area contributed by atoms with E-state index in [1.165, 1.54) is 77.0 Å². The van der Waals surface area contributed by atoms with Gasteiger partial charge in [0, 0.05) is 5.39 Å². The zero-order valence-electron chi connectivity index (χ0n) is 22.6. The Bertz CT molecular complexity index is 1050. The third-order valence-corrected chi connectivity index (χ3v) is 7.82. The molecule has 0 atom stereocenters. The highest BCUT2D eigenvalue weighted by molar-refractivity contribution is 7.86. The summed E-state index contributed by atoms with van der Waals surface area (Å²) in [6.07, 6.45) is 19.4. The van der Waals surface area contributed by atoms with Gasteiger partial charge < -0.3 is 9.84 Å². The van der Waals surface area contributed by atoms with Crippen LogP contribution < -0.4 is 4.74 Å². The predicted molar refractivity (Wildman–Crippen MR) is 150 cm³/mol. The Morgan fingerprint density at radius 1 is 0.811 bits per heavy atom. The number of carbonyl (C=O) groups is 1. The number of carboxylic acid groups (broad SMARTS) is 1. The van der Waals surface area contributed by atoms with Crippen molar-refractivity contribution >= 4 is 26.9 Å². The van der Waals surface area contributed by atoms with Crippen LogP contribution in [0.2, 0.25) is 0 Å². The molecule has 208 valence electrons. The molecule has 7 heteroatoms. The van der Waals surface area contributed by atoms with Crippen LogP contribution in [0, 0.1) is 0 Å². The lowest BCUT2D eigenvalue weighted by Gasteiger charge is -2.17. The van der Waals surface area contributed by atoms with Crippen LogP contribution in [0.25, 0.3) is 10.8 Å². The summed E-state index contributed by atoms with van der Waals surface area (Å²) in [6.45, 7) is 2.09. The summed E-state index contributed by atoms with van der Waals surface area (Å²) >= 11 is 0. The summed E-state index contributed by atoms with van der Waals surface area (Å²) in [6, 6.07) is 8.84. The molecule has 0 fully saturated rings. The van der Waals surface area contributed by atoms with E-state index in [0.717, 1.165) is 19.3 Å². The van der Waals surface area contributed by atoms with E-state index in [0.29, 0.717) is 22.8 Å². The maximum absolute atomic E-state index is 12.3. The standard InChI is InChI=1S/C30H46O6S/c1-2-3-4-5-6-7-8-9-10-11-12-13-14-15-16-20-26-24-25-19-17-18-21-27(25)30(37(33,34)35)29(26)36-23-22-28(31)32/h17-19,21,24H,2-16,20,22-23H2,1H3,(H,31,32)(H,33,34,35). The summed E-state index contributed by atoms with van der Waals surface area (Å²) in [5.41, 5.74) is 0.686. The van der Waals surface area contributed by atoms with E-state index in [1.807, 2.05) is 12.1 Å². The van der Waals surface area contributed by atoms with Gasteiger partial charge in [0.25, 0.3) is 10.1 Å². The van der Waals surface area contributed by atoms with Gasteiger partial charge in [0.1, 0.15) is 10.6 Å². The molecule has 0 unspecified atom stereocenters.